The lowest BCUT2D eigenvalue weighted by Crippen LogP contribution is -2.38. The Labute approximate surface area is 107 Å². The van der Waals surface area contributed by atoms with E-state index in [1.54, 1.807) is 0 Å². The zero-order valence-electron chi connectivity index (χ0n) is 10.7. The fraction of sp³-hybridized carbons (Fsp3) is 0.571. The first-order valence-corrected chi connectivity index (χ1v) is 6.57. The molecule has 1 N–H and O–H groups in total. The molecule has 0 spiro atoms. The summed E-state index contributed by atoms with van der Waals surface area (Å²) >= 11 is 0. The van der Waals surface area contributed by atoms with Crippen LogP contribution in [0.1, 0.15) is 43.1 Å². The lowest BCUT2D eigenvalue weighted by atomic mass is 9.92. The Morgan fingerprint density at radius 3 is 3.00 bits per heavy atom. The summed E-state index contributed by atoms with van der Waals surface area (Å²) in [5, 5.41) is 3.42. The van der Waals surface area contributed by atoms with Crippen LogP contribution in [0.2, 0.25) is 0 Å². The number of carbonyl (C=O) groups is 1. The first-order chi connectivity index (χ1) is 8.68. The van der Waals surface area contributed by atoms with Crippen molar-refractivity contribution in [2.75, 3.05) is 6.54 Å². The molecule has 0 radical (unpaired) electrons. The second kappa shape index (κ2) is 6.05. The Balaban J connectivity index is 2.05. The molecule has 2 heterocycles. The van der Waals surface area contributed by atoms with Crippen molar-refractivity contribution in [2.24, 2.45) is 5.92 Å². The van der Waals surface area contributed by atoms with Crippen molar-refractivity contribution in [3.8, 4) is 0 Å². The number of rotatable bonds is 3. The topological polar surface area (TPSA) is 42.0 Å². The van der Waals surface area contributed by atoms with Gasteiger partial charge in [0.15, 0.2) is 5.78 Å². The van der Waals surface area contributed by atoms with Crippen LogP contribution in [0, 0.1) is 11.7 Å². The van der Waals surface area contributed by atoms with Gasteiger partial charge in [-0.1, -0.05) is 19.8 Å². The third kappa shape index (κ3) is 3.13. The van der Waals surface area contributed by atoms with E-state index in [1.165, 1.54) is 25.0 Å². The van der Waals surface area contributed by atoms with Crippen LogP contribution in [0.4, 0.5) is 4.39 Å². The molecule has 2 atom stereocenters. The molecular formula is C14H19FN2O. The maximum Gasteiger partial charge on any atom is 0.185 e. The minimum absolute atomic E-state index is 0.00519. The molecule has 1 aromatic rings. The fourth-order valence-corrected chi connectivity index (χ4v) is 2.42. The number of nitrogens with one attached hydrogen (secondary N) is 1. The maximum absolute atomic E-state index is 12.8. The van der Waals surface area contributed by atoms with Gasteiger partial charge in [-0.05, 0) is 31.5 Å². The highest BCUT2D eigenvalue weighted by molar-refractivity contribution is 5.96. The smallest absolute Gasteiger partial charge is 0.185 e. The molecule has 0 bridgehead atoms. The highest BCUT2D eigenvalue weighted by Crippen LogP contribution is 2.18. The Morgan fingerprint density at radius 2 is 2.28 bits per heavy atom. The highest BCUT2D eigenvalue weighted by atomic mass is 19.1. The molecule has 0 aromatic carbocycles. The summed E-state index contributed by atoms with van der Waals surface area (Å²) in [5.74, 6) is -0.526. The number of nitrogens with zero attached hydrogens (tertiary/aromatic N) is 1. The summed E-state index contributed by atoms with van der Waals surface area (Å²) in [5.41, 5.74) is 0.356. The van der Waals surface area contributed by atoms with Gasteiger partial charge < -0.3 is 5.32 Å². The minimum Gasteiger partial charge on any atom is -0.313 e. The molecule has 98 valence electrons. The molecule has 0 saturated carbocycles. The predicted molar refractivity (Wildman–Crippen MR) is 67.9 cm³/mol. The monoisotopic (exact) mass is 250 g/mol. The van der Waals surface area contributed by atoms with E-state index in [9.17, 15) is 9.18 Å². The van der Waals surface area contributed by atoms with Crippen molar-refractivity contribution >= 4 is 5.78 Å². The van der Waals surface area contributed by atoms with Gasteiger partial charge in [-0.15, -0.1) is 0 Å². The third-order valence-corrected chi connectivity index (χ3v) is 3.60. The van der Waals surface area contributed by atoms with E-state index in [4.69, 9.17) is 0 Å². The molecule has 2 rings (SSSR count). The molecular weight excluding hydrogens is 231 g/mol. The fourth-order valence-electron chi connectivity index (χ4n) is 2.42. The van der Waals surface area contributed by atoms with Gasteiger partial charge in [-0.25, -0.2) is 4.39 Å². The van der Waals surface area contributed by atoms with Crippen LogP contribution in [-0.2, 0) is 0 Å². The van der Waals surface area contributed by atoms with Gasteiger partial charge in [-0.3, -0.25) is 9.78 Å². The lowest BCUT2D eigenvalue weighted by Gasteiger charge is -2.22. The van der Waals surface area contributed by atoms with Gasteiger partial charge >= 0.3 is 0 Å². The normalized spacial score (nSPS) is 22.2. The van der Waals surface area contributed by atoms with Crippen molar-refractivity contribution < 1.29 is 9.18 Å². The lowest BCUT2D eigenvalue weighted by molar-refractivity contribution is 0.0895. The SMILES string of the molecule is CC(C(=O)c1ccc(F)cn1)C1CCCCCN1. The first kappa shape index (κ1) is 13.1. The number of aromatic nitrogens is 1. The van der Waals surface area contributed by atoms with E-state index in [0.29, 0.717) is 5.69 Å². The number of hydrogen-bond donors (Lipinski definition) is 1. The van der Waals surface area contributed by atoms with Crippen LogP contribution in [0.3, 0.4) is 0 Å². The van der Waals surface area contributed by atoms with E-state index in [0.717, 1.165) is 25.6 Å². The van der Waals surface area contributed by atoms with Gasteiger partial charge in [-0.2, -0.15) is 0 Å². The number of carbonyl (C=O) groups excluding carboxylic acids is 1. The molecule has 0 amide bonds. The maximum atomic E-state index is 12.8. The van der Waals surface area contributed by atoms with Crippen molar-refractivity contribution in [3.05, 3.63) is 29.8 Å². The molecule has 1 fully saturated rings. The molecule has 3 nitrogen and oxygen atoms in total. The second-order valence-electron chi connectivity index (χ2n) is 4.92. The number of pyridine rings is 1. The van der Waals surface area contributed by atoms with Crippen LogP contribution in [0.25, 0.3) is 0 Å². The Kier molecular flexibility index (Phi) is 4.42. The average Bonchev–Trinajstić information content (AvgIpc) is 2.67. The largest absolute Gasteiger partial charge is 0.313 e. The van der Waals surface area contributed by atoms with E-state index >= 15 is 0 Å². The van der Waals surface area contributed by atoms with Crippen LogP contribution in [-0.4, -0.2) is 23.4 Å². The minimum atomic E-state index is -0.410. The summed E-state index contributed by atoms with van der Waals surface area (Å²) in [6, 6.07) is 2.96. The summed E-state index contributed by atoms with van der Waals surface area (Å²) in [6.45, 7) is 2.90. The van der Waals surface area contributed by atoms with E-state index in [-0.39, 0.29) is 17.7 Å². The summed E-state index contributed by atoms with van der Waals surface area (Å²) in [6.07, 6.45) is 5.67. The van der Waals surface area contributed by atoms with Gasteiger partial charge in [0.05, 0.1) is 6.20 Å². The number of hydrogen-bond acceptors (Lipinski definition) is 3. The summed E-state index contributed by atoms with van der Waals surface area (Å²) < 4.78 is 12.8. The zero-order valence-corrected chi connectivity index (χ0v) is 10.7. The standard InChI is InChI=1S/C14H19FN2O/c1-10(12-5-3-2-4-8-16-12)14(18)13-7-6-11(15)9-17-13/h6-7,9-10,12,16H,2-5,8H2,1H3. The van der Waals surface area contributed by atoms with Gasteiger partial charge in [0.1, 0.15) is 11.5 Å². The molecule has 1 aromatic heterocycles. The summed E-state index contributed by atoms with van der Waals surface area (Å²) in [4.78, 5) is 16.1. The van der Waals surface area contributed by atoms with Gasteiger partial charge in [0.25, 0.3) is 0 Å². The zero-order chi connectivity index (χ0) is 13.0. The third-order valence-electron chi connectivity index (χ3n) is 3.60. The molecule has 18 heavy (non-hydrogen) atoms. The van der Waals surface area contributed by atoms with E-state index < -0.39 is 5.82 Å². The molecule has 4 heteroatoms. The van der Waals surface area contributed by atoms with Crippen molar-refractivity contribution in [3.63, 3.8) is 0 Å². The first-order valence-electron chi connectivity index (χ1n) is 6.57. The van der Waals surface area contributed by atoms with Crippen molar-refractivity contribution in [2.45, 2.75) is 38.6 Å². The molecule has 1 aliphatic heterocycles. The van der Waals surface area contributed by atoms with Gasteiger partial charge in [0.2, 0.25) is 0 Å². The van der Waals surface area contributed by atoms with Gasteiger partial charge in [0, 0.05) is 12.0 Å². The number of Topliss-reactive ketones (excluding diaryl/α,β-unsaturated/α-hetero) is 1. The number of ketones is 1. The second-order valence-corrected chi connectivity index (χ2v) is 4.92. The van der Waals surface area contributed by atoms with E-state index in [1.807, 2.05) is 6.92 Å². The highest BCUT2D eigenvalue weighted by Gasteiger charge is 2.26. The number of halogens is 1. The van der Waals surface area contributed by atoms with Crippen LogP contribution < -0.4 is 5.32 Å². The average molecular weight is 250 g/mol. The molecule has 1 saturated heterocycles. The van der Waals surface area contributed by atoms with Crippen LogP contribution in [0.5, 0.6) is 0 Å². The summed E-state index contributed by atoms with van der Waals surface area (Å²) in [7, 11) is 0. The molecule has 0 aliphatic carbocycles. The van der Waals surface area contributed by atoms with Crippen molar-refractivity contribution in [1.82, 2.24) is 10.3 Å². The van der Waals surface area contributed by atoms with E-state index in [2.05, 4.69) is 10.3 Å². The predicted octanol–water partition coefficient (Wildman–Crippen LogP) is 2.57. The Hall–Kier alpha value is -1.29. The molecule has 2 unspecified atom stereocenters. The quantitative estimate of drug-likeness (QED) is 0.838. The molecule has 1 aliphatic rings. The Morgan fingerprint density at radius 1 is 1.44 bits per heavy atom. The van der Waals surface area contributed by atoms with Crippen LogP contribution >= 0.6 is 0 Å². The van der Waals surface area contributed by atoms with Crippen molar-refractivity contribution in [1.29, 1.82) is 0 Å². The van der Waals surface area contributed by atoms with Crippen LogP contribution in [0.15, 0.2) is 18.3 Å². The Bertz CT molecular complexity index is 397.